The summed E-state index contributed by atoms with van der Waals surface area (Å²) in [6, 6.07) is 8.51. The molecule has 0 atom stereocenters. The minimum atomic E-state index is -0.00501. The number of hydrogen-bond donors (Lipinski definition) is 1. The molecule has 0 fully saturated rings. The van der Waals surface area contributed by atoms with Gasteiger partial charge in [-0.3, -0.25) is 0 Å². The lowest BCUT2D eigenvalue weighted by molar-refractivity contribution is 0.280. The van der Waals surface area contributed by atoms with Gasteiger partial charge in [0.2, 0.25) is 5.95 Å². The van der Waals surface area contributed by atoms with Crippen molar-refractivity contribution in [2.45, 2.75) is 26.5 Å². The third-order valence-electron chi connectivity index (χ3n) is 3.65. The van der Waals surface area contributed by atoms with Crippen LogP contribution < -0.4 is 4.90 Å². The Morgan fingerprint density at radius 3 is 2.79 bits per heavy atom. The van der Waals surface area contributed by atoms with Crippen molar-refractivity contribution in [3.63, 3.8) is 0 Å². The second-order valence-electron chi connectivity index (χ2n) is 4.88. The minimum Gasteiger partial charge on any atom is -0.392 e. The van der Waals surface area contributed by atoms with Gasteiger partial charge in [-0.25, -0.2) is 9.97 Å². The van der Waals surface area contributed by atoms with Crippen LogP contribution in [0, 0.1) is 6.92 Å². The van der Waals surface area contributed by atoms with Gasteiger partial charge in [0.1, 0.15) is 0 Å². The predicted octanol–water partition coefficient (Wildman–Crippen LogP) is 1.84. The molecule has 0 radical (unpaired) electrons. The molecule has 4 nitrogen and oxygen atoms in total. The van der Waals surface area contributed by atoms with Gasteiger partial charge in [0, 0.05) is 30.5 Å². The molecule has 1 aromatic carbocycles. The fourth-order valence-corrected chi connectivity index (χ4v) is 2.45. The van der Waals surface area contributed by atoms with E-state index < -0.39 is 0 Å². The number of anilines is 1. The first kappa shape index (κ1) is 12.1. The number of aliphatic hydroxyl groups excluding tert-OH is 1. The molecule has 0 aliphatic carbocycles. The second kappa shape index (κ2) is 4.97. The minimum absolute atomic E-state index is 0.00501. The van der Waals surface area contributed by atoms with Crippen LogP contribution in [-0.2, 0) is 19.6 Å². The summed E-state index contributed by atoms with van der Waals surface area (Å²) in [6.07, 6.45) is 2.75. The van der Waals surface area contributed by atoms with E-state index in [0.29, 0.717) is 0 Å². The van der Waals surface area contributed by atoms with E-state index in [1.54, 1.807) is 6.20 Å². The van der Waals surface area contributed by atoms with Crippen LogP contribution in [0.5, 0.6) is 0 Å². The second-order valence-corrected chi connectivity index (χ2v) is 4.88. The van der Waals surface area contributed by atoms with E-state index in [1.165, 1.54) is 11.1 Å². The van der Waals surface area contributed by atoms with Crippen LogP contribution in [0.4, 0.5) is 5.95 Å². The van der Waals surface area contributed by atoms with Crippen LogP contribution in [0.15, 0.2) is 30.5 Å². The van der Waals surface area contributed by atoms with Crippen molar-refractivity contribution < 1.29 is 5.11 Å². The van der Waals surface area contributed by atoms with Crippen molar-refractivity contribution in [2.75, 3.05) is 11.4 Å². The van der Waals surface area contributed by atoms with Gasteiger partial charge in [0.05, 0.1) is 6.61 Å². The van der Waals surface area contributed by atoms with Crippen LogP contribution in [0.2, 0.25) is 0 Å². The molecule has 0 saturated heterocycles. The molecular formula is C15H17N3O. The highest BCUT2D eigenvalue weighted by molar-refractivity contribution is 5.40. The summed E-state index contributed by atoms with van der Waals surface area (Å²) in [6.45, 7) is 3.70. The lowest BCUT2D eigenvalue weighted by atomic mass is 10.0. The first-order chi connectivity index (χ1) is 9.28. The maximum atomic E-state index is 9.16. The van der Waals surface area contributed by atoms with Crippen molar-refractivity contribution >= 4 is 5.95 Å². The van der Waals surface area contributed by atoms with Crippen molar-refractivity contribution in [1.82, 2.24) is 9.97 Å². The molecule has 19 heavy (non-hydrogen) atoms. The fraction of sp³-hybridized carbons (Fsp3) is 0.333. The summed E-state index contributed by atoms with van der Waals surface area (Å²) >= 11 is 0. The van der Waals surface area contributed by atoms with Gasteiger partial charge < -0.3 is 10.0 Å². The Morgan fingerprint density at radius 1 is 1.26 bits per heavy atom. The number of benzene rings is 1. The van der Waals surface area contributed by atoms with Crippen molar-refractivity contribution in [2.24, 2.45) is 0 Å². The first-order valence-electron chi connectivity index (χ1n) is 6.53. The molecule has 2 aromatic rings. The van der Waals surface area contributed by atoms with E-state index in [1.807, 2.05) is 6.92 Å². The summed E-state index contributed by atoms with van der Waals surface area (Å²) in [5.41, 5.74) is 4.41. The highest BCUT2D eigenvalue weighted by atomic mass is 16.3. The smallest absolute Gasteiger partial charge is 0.225 e. The number of nitrogens with zero attached hydrogens (tertiary/aromatic N) is 3. The number of aliphatic hydroxyl groups is 1. The van der Waals surface area contributed by atoms with E-state index in [-0.39, 0.29) is 6.61 Å². The zero-order valence-electron chi connectivity index (χ0n) is 11.0. The number of fused-ring (bicyclic) bond motifs is 1. The van der Waals surface area contributed by atoms with Gasteiger partial charge in [-0.05, 0) is 24.5 Å². The number of hydrogen-bond acceptors (Lipinski definition) is 4. The maximum Gasteiger partial charge on any atom is 0.225 e. The molecule has 0 spiro atoms. The Hall–Kier alpha value is -1.94. The summed E-state index contributed by atoms with van der Waals surface area (Å²) < 4.78 is 0. The summed E-state index contributed by atoms with van der Waals surface area (Å²) in [5, 5.41) is 9.16. The molecule has 3 rings (SSSR count). The zero-order chi connectivity index (χ0) is 13.2. The monoisotopic (exact) mass is 255 g/mol. The van der Waals surface area contributed by atoms with Gasteiger partial charge in [0.15, 0.2) is 0 Å². The topological polar surface area (TPSA) is 49.2 Å². The Labute approximate surface area is 112 Å². The first-order valence-corrected chi connectivity index (χ1v) is 6.53. The van der Waals surface area contributed by atoms with Gasteiger partial charge in [0.25, 0.3) is 0 Å². The van der Waals surface area contributed by atoms with Crippen LogP contribution in [0.25, 0.3) is 0 Å². The molecule has 1 aliphatic rings. The molecule has 1 aliphatic heterocycles. The Morgan fingerprint density at radius 2 is 2.05 bits per heavy atom. The molecule has 4 heteroatoms. The van der Waals surface area contributed by atoms with Crippen LogP contribution in [0.3, 0.4) is 0 Å². The predicted molar refractivity (Wildman–Crippen MR) is 73.9 cm³/mol. The number of aromatic nitrogens is 2. The molecular weight excluding hydrogens is 238 g/mol. The van der Waals surface area contributed by atoms with Gasteiger partial charge >= 0.3 is 0 Å². The van der Waals surface area contributed by atoms with Crippen molar-refractivity contribution in [3.8, 4) is 0 Å². The summed E-state index contributed by atoms with van der Waals surface area (Å²) in [5.74, 6) is 0.754. The van der Waals surface area contributed by atoms with Crippen LogP contribution in [-0.4, -0.2) is 21.6 Å². The van der Waals surface area contributed by atoms with Crippen LogP contribution >= 0.6 is 0 Å². The standard InChI is InChI=1S/C15H17N3O/c1-11-14(10-19)8-16-15(17-11)18-7-6-12-4-2-3-5-13(12)9-18/h2-5,8,19H,6-7,9-10H2,1H3. The average Bonchev–Trinajstić information content (AvgIpc) is 2.46. The van der Waals surface area contributed by atoms with Gasteiger partial charge in [-0.1, -0.05) is 24.3 Å². The lowest BCUT2D eigenvalue weighted by Gasteiger charge is -2.29. The van der Waals surface area contributed by atoms with Crippen molar-refractivity contribution in [3.05, 3.63) is 52.8 Å². The SMILES string of the molecule is Cc1nc(N2CCc3ccccc3C2)ncc1CO. The number of aryl methyl sites for hydroxylation is 1. The Bertz CT molecular complexity index is 598. The highest BCUT2D eigenvalue weighted by Crippen LogP contribution is 2.22. The fourth-order valence-electron chi connectivity index (χ4n) is 2.45. The molecule has 0 unspecified atom stereocenters. The summed E-state index contributed by atoms with van der Waals surface area (Å²) in [4.78, 5) is 11.0. The Kier molecular flexibility index (Phi) is 3.17. The van der Waals surface area contributed by atoms with E-state index in [0.717, 1.165) is 36.7 Å². The quantitative estimate of drug-likeness (QED) is 0.889. The van der Waals surface area contributed by atoms with E-state index in [9.17, 15) is 0 Å². The number of rotatable bonds is 2. The molecule has 98 valence electrons. The Balaban J connectivity index is 1.87. The zero-order valence-corrected chi connectivity index (χ0v) is 11.0. The van der Waals surface area contributed by atoms with Crippen molar-refractivity contribution in [1.29, 1.82) is 0 Å². The maximum absolute atomic E-state index is 9.16. The molecule has 1 aromatic heterocycles. The molecule has 0 bridgehead atoms. The molecule has 0 amide bonds. The largest absolute Gasteiger partial charge is 0.392 e. The molecule has 2 heterocycles. The third kappa shape index (κ3) is 2.31. The third-order valence-corrected chi connectivity index (χ3v) is 3.65. The average molecular weight is 255 g/mol. The highest BCUT2D eigenvalue weighted by Gasteiger charge is 2.18. The van der Waals surface area contributed by atoms with Crippen LogP contribution in [0.1, 0.15) is 22.4 Å². The molecule has 1 N–H and O–H groups in total. The van der Waals surface area contributed by atoms with E-state index in [2.05, 4.69) is 39.1 Å². The van der Waals surface area contributed by atoms with Gasteiger partial charge in [-0.2, -0.15) is 0 Å². The van der Waals surface area contributed by atoms with E-state index in [4.69, 9.17) is 5.11 Å². The summed E-state index contributed by atoms with van der Waals surface area (Å²) in [7, 11) is 0. The van der Waals surface area contributed by atoms with E-state index >= 15 is 0 Å². The molecule has 0 saturated carbocycles. The normalized spacial score (nSPS) is 14.3. The van der Waals surface area contributed by atoms with Gasteiger partial charge in [-0.15, -0.1) is 0 Å². The lowest BCUT2D eigenvalue weighted by Crippen LogP contribution is -2.31.